The van der Waals surface area contributed by atoms with E-state index in [2.05, 4.69) is 12.1 Å². The molecule has 0 aromatic heterocycles. The summed E-state index contributed by atoms with van der Waals surface area (Å²) in [5, 5.41) is 10.9. The average Bonchev–Trinajstić information content (AvgIpc) is 2.85. The van der Waals surface area contributed by atoms with Gasteiger partial charge in [-0.05, 0) is 30.5 Å². The molecule has 1 saturated heterocycles. The number of β-amino-alcohol motifs (C(OH)–C–C–N with tert-alkyl or cyclic N) is 1. The first-order chi connectivity index (χ1) is 10.5. The van der Waals surface area contributed by atoms with Crippen LogP contribution in [0, 0.1) is 0 Å². The smallest absolute Gasteiger partial charge is 0.226 e. The normalized spacial score (nSPS) is 21.6. The van der Waals surface area contributed by atoms with Crippen LogP contribution < -0.4 is 0 Å². The van der Waals surface area contributed by atoms with Gasteiger partial charge in [0.15, 0.2) is 0 Å². The Morgan fingerprint density at radius 2 is 1.59 bits per heavy atom. The number of benzene rings is 2. The number of carbonyl (C=O) groups is 1. The van der Waals surface area contributed by atoms with Gasteiger partial charge in [0, 0.05) is 6.04 Å². The van der Waals surface area contributed by atoms with E-state index in [1.54, 1.807) is 4.90 Å². The van der Waals surface area contributed by atoms with Crippen LogP contribution in [0.15, 0.2) is 54.6 Å². The Morgan fingerprint density at radius 3 is 2.14 bits per heavy atom. The molecule has 0 aliphatic carbocycles. The fourth-order valence-electron chi connectivity index (χ4n) is 3.05. The molecule has 3 nitrogen and oxygen atoms in total. The highest BCUT2D eigenvalue weighted by Crippen LogP contribution is 2.34. The van der Waals surface area contributed by atoms with Crippen LogP contribution >= 0.6 is 0 Å². The van der Waals surface area contributed by atoms with Crippen LogP contribution in [0.2, 0.25) is 0 Å². The van der Waals surface area contributed by atoms with Crippen LogP contribution in [0.25, 0.3) is 11.1 Å². The molecule has 1 unspecified atom stereocenters. The lowest BCUT2D eigenvalue weighted by atomic mass is 9.91. The van der Waals surface area contributed by atoms with E-state index >= 15 is 0 Å². The number of amides is 1. The standard InChI is InChI=1S/C19H21NO2/c1-14(2)20-13-19(22,12-18(20)21)17-10-8-16(9-11-17)15-6-4-3-5-7-15/h3-11,14,22H,12-13H2,1-2H3. The molecule has 1 heterocycles. The third-order valence-corrected chi connectivity index (χ3v) is 4.35. The number of rotatable bonds is 3. The summed E-state index contributed by atoms with van der Waals surface area (Å²) in [4.78, 5) is 13.8. The third kappa shape index (κ3) is 2.64. The summed E-state index contributed by atoms with van der Waals surface area (Å²) in [5.74, 6) is 0.0182. The highest BCUT2D eigenvalue weighted by molar-refractivity contribution is 5.80. The summed E-state index contributed by atoms with van der Waals surface area (Å²) in [6.45, 7) is 4.32. The van der Waals surface area contributed by atoms with Crippen LogP contribution in [-0.4, -0.2) is 28.5 Å². The molecule has 1 amide bonds. The van der Waals surface area contributed by atoms with Crippen molar-refractivity contribution in [1.82, 2.24) is 4.90 Å². The van der Waals surface area contributed by atoms with Gasteiger partial charge in [0.05, 0.1) is 13.0 Å². The second kappa shape index (κ2) is 5.58. The summed E-state index contributed by atoms with van der Waals surface area (Å²) in [6, 6.07) is 18.1. The molecule has 1 atom stereocenters. The van der Waals surface area contributed by atoms with Gasteiger partial charge in [-0.1, -0.05) is 54.6 Å². The maximum Gasteiger partial charge on any atom is 0.226 e. The van der Waals surface area contributed by atoms with Crippen molar-refractivity contribution in [2.75, 3.05) is 6.54 Å². The Bertz CT molecular complexity index is 664. The van der Waals surface area contributed by atoms with Crippen molar-refractivity contribution in [3.8, 4) is 11.1 Å². The van der Waals surface area contributed by atoms with E-state index in [-0.39, 0.29) is 18.4 Å². The maximum atomic E-state index is 12.1. The first-order valence-electron chi connectivity index (χ1n) is 7.67. The molecule has 3 heteroatoms. The van der Waals surface area contributed by atoms with E-state index in [9.17, 15) is 9.90 Å². The first kappa shape index (κ1) is 14.8. The van der Waals surface area contributed by atoms with Crippen molar-refractivity contribution >= 4 is 5.91 Å². The van der Waals surface area contributed by atoms with Crippen molar-refractivity contribution in [3.63, 3.8) is 0 Å². The van der Waals surface area contributed by atoms with Gasteiger partial charge >= 0.3 is 0 Å². The van der Waals surface area contributed by atoms with Gasteiger partial charge in [0.2, 0.25) is 5.91 Å². The fourth-order valence-corrected chi connectivity index (χ4v) is 3.05. The van der Waals surface area contributed by atoms with Crippen molar-refractivity contribution in [2.24, 2.45) is 0 Å². The van der Waals surface area contributed by atoms with Crippen molar-refractivity contribution < 1.29 is 9.90 Å². The summed E-state index contributed by atoms with van der Waals surface area (Å²) in [7, 11) is 0. The van der Waals surface area contributed by atoms with E-state index in [4.69, 9.17) is 0 Å². The minimum atomic E-state index is -1.07. The molecule has 22 heavy (non-hydrogen) atoms. The number of hydrogen-bond acceptors (Lipinski definition) is 2. The molecule has 0 bridgehead atoms. The summed E-state index contributed by atoms with van der Waals surface area (Å²) < 4.78 is 0. The SMILES string of the molecule is CC(C)N1CC(O)(c2ccc(-c3ccccc3)cc2)CC1=O. The molecular formula is C19H21NO2. The first-order valence-corrected chi connectivity index (χ1v) is 7.67. The van der Waals surface area contributed by atoms with E-state index in [0.717, 1.165) is 16.7 Å². The number of carbonyl (C=O) groups excluding carboxylic acids is 1. The zero-order valence-electron chi connectivity index (χ0n) is 13.0. The van der Waals surface area contributed by atoms with Gasteiger partial charge in [-0.2, -0.15) is 0 Å². The van der Waals surface area contributed by atoms with Crippen molar-refractivity contribution in [1.29, 1.82) is 0 Å². The van der Waals surface area contributed by atoms with Crippen LogP contribution in [0.3, 0.4) is 0 Å². The molecule has 3 rings (SSSR count). The second-order valence-electron chi connectivity index (χ2n) is 6.27. The van der Waals surface area contributed by atoms with Gasteiger partial charge in [0.25, 0.3) is 0 Å². The molecule has 2 aromatic rings. The lowest BCUT2D eigenvalue weighted by Crippen LogP contribution is -2.35. The lowest BCUT2D eigenvalue weighted by molar-refractivity contribution is -0.129. The molecule has 2 aromatic carbocycles. The van der Waals surface area contributed by atoms with E-state index in [0.29, 0.717) is 6.54 Å². The zero-order chi connectivity index (χ0) is 15.7. The van der Waals surface area contributed by atoms with Crippen LogP contribution in [-0.2, 0) is 10.4 Å². The second-order valence-corrected chi connectivity index (χ2v) is 6.27. The predicted molar refractivity (Wildman–Crippen MR) is 87.2 cm³/mol. The molecule has 1 aliphatic heterocycles. The topological polar surface area (TPSA) is 40.5 Å². The highest BCUT2D eigenvalue weighted by atomic mass is 16.3. The summed E-state index contributed by atoms with van der Waals surface area (Å²) in [6.07, 6.45) is 0.163. The molecule has 0 spiro atoms. The Balaban J connectivity index is 1.86. The van der Waals surface area contributed by atoms with Crippen molar-refractivity contribution in [3.05, 3.63) is 60.2 Å². The third-order valence-electron chi connectivity index (χ3n) is 4.35. The molecule has 1 aliphatic rings. The molecular weight excluding hydrogens is 274 g/mol. The Kier molecular flexibility index (Phi) is 3.75. The summed E-state index contributed by atoms with van der Waals surface area (Å²) in [5.41, 5.74) is 1.99. The van der Waals surface area contributed by atoms with Crippen LogP contribution in [0.5, 0.6) is 0 Å². The van der Waals surface area contributed by atoms with Gasteiger partial charge in [0.1, 0.15) is 5.60 Å². The molecule has 0 radical (unpaired) electrons. The van der Waals surface area contributed by atoms with Gasteiger partial charge < -0.3 is 10.0 Å². The average molecular weight is 295 g/mol. The van der Waals surface area contributed by atoms with E-state index < -0.39 is 5.60 Å². The molecule has 1 fully saturated rings. The minimum Gasteiger partial charge on any atom is -0.383 e. The number of likely N-dealkylation sites (tertiary alicyclic amines) is 1. The van der Waals surface area contributed by atoms with Crippen LogP contribution in [0.4, 0.5) is 0 Å². The van der Waals surface area contributed by atoms with Crippen molar-refractivity contribution in [2.45, 2.75) is 31.9 Å². The van der Waals surface area contributed by atoms with Gasteiger partial charge in [-0.25, -0.2) is 0 Å². The highest BCUT2D eigenvalue weighted by Gasteiger charge is 2.43. The molecule has 114 valence electrons. The quantitative estimate of drug-likeness (QED) is 0.944. The Hall–Kier alpha value is -2.13. The van der Waals surface area contributed by atoms with Gasteiger partial charge in [-0.3, -0.25) is 4.79 Å². The predicted octanol–water partition coefficient (Wildman–Crippen LogP) is 3.18. The zero-order valence-corrected chi connectivity index (χ0v) is 13.0. The lowest BCUT2D eigenvalue weighted by Gasteiger charge is -2.25. The molecule has 0 saturated carbocycles. The monoisotopic (exact) mass is 295 g/mol. The Labute approximate surface area is 131 Å². The minimum absolute atomic E-state index is 0.0182. The largest absolute Gasteiger partial charge is 0.383 e. The number of aliphatic hydroxyl groups is 1. The fraction of sp³-hybridized carbons (Fsp3) is 0.316. The number of nitrogens with zero attached hydrogens (tertiary/aromatic N) is 1. The molecule has 1 N–H and O–H groups in total. The van der Waals surface area contributed by atoms with Crippen LogP contribution in [0.1, 0.15) is 25.8 Å². The Morgan fingerprint density at radius 1 is 1.00 bits per heavy atom. The maximum absolute atomic E-state index is 12.1. The van der Waals surface area contributed by atoms with E-state index in [1.807, 2.05) is 56.3 Å². The number of hydrogen-bond donors (Lipinski definition) is 1. The van der Waals surface area contributed by atoms with Gasteiger partial charge in [-0.15, -0.1) is 0 Å². The summed E-state index contributed by atoms with van der Waals surface area (Å²) >= 11 is 0. The van der Waals surface area contributed by atoms with E-state index in [1.165, 1.54) is 0 Å².